The molecule has 1 rings (SSSR count). The molecule has 0 spiro atoms. The number of benzene rings is 1. The minimum absolute atomic E-state index is 0.269. The fourth-order valence-corrected chi connectivity index (χ4v) is 1.27. The van der Waals surface area contributed by atoms with Crippen molar-refractivity contribution >= 4 is 5.91 Å². The van der Waals surface area contributed by atoms with Gasteiger partial charge in [-0.15, -0.1) is 0 Å². The minimum atomic E-state index is -1.03. The van der Waals surface area contributed by atoms with Gasteiger partial charge in [-0.25, -0.2) is 0 Å². The molecule has 0 saturated heterocycles. The molecule has 5 nitrogen and oxygen atoms in total. The molecular weight excluding hydrogens is 220 g/mol. The van der Waals surface area contributed by atoms with Gasteiger partial charge in [0, 0.05) is 0 Å². The quantitative estimate of drug-likeness (QED) is 0.579. The maximum absolute atomic E-state index is 11.3. The number of ether oxygens (including phenoxy) is 1. The van der Waals surface area contributed by atoms with Gasteiger partial charge in [-0.3, -0.25) is 4.79 Å². The highest BCUT2D eigenvalue weighted by molar-refractivity contribution is 5.80. The number of carbonyl (C=O) groups is 1. The number of carbonyl (C=O) groups excluding carboxylic acids is 1. The molecule has 0 fully saturated rings. The Balaban J connectivity index is 2.14. The van der Waals surface area contributed by atoms with Gasteiger partial charge in [-0.05, 0) is 25.1 Å². The van der Waals surface area contributed by atoms with Crippen molar-refractivity contribution in [2.24, 2.45) is 5.73 Å². The number of aliphatic hydroxyl groups is 1. The summed E-state index contributed by atoms with van der Waals surface area (Å²) in [5, 5.41) is 11.9. The van der Waals surface area contributed by atoms with Crippen molar-refractivity contribution in [2.75, 3.05) is 19.7 Å². The van der Waals surface area contributed by atoms with E-state index in [2.05, 4.69) is 5.32 Å². The molecule has 0 aliphatic rings. The average Bonchev–Trinajstić information content (AvgIpc) is 2.36. The molecule has 1 atom stereocenters. The first-order valence-corrected chi connectivity index (χ1v) is 5.57. The van der Waals surface area contributed by atoms with Crippen molar-refractivity contribution in [1.82, 2.24) is 5.32 Å². The summed E-state index contributed by atoms with van der Waals surface area (Å²) < 4.78 is 5.38. The molecule has 0 heterocycles. The molecule has 0 saturated carbocycles. The van der Waals surface area contributed by atoms with E-state index in [4.69, 9.17) is 10.5 Å². The first-order valence-electron chi connectivity index (χ1n) is 5.57. The van der Waals surface area contributed by atoms with Crippen LogP contribution in [0.25, 0.3) is 0 Å². The molecule has 4 N–H and O–H groups in total. The normalized spacial score (nSPS) is 11.9. The summed E-state index contributed by atoms with van der Waals surface area (Å²) in [5.41, 5.74) is 5.23. The Kier molecular flexibility index (Phi) is 6.06. The van der Waals surface area contributed by atoms with Crippen LogP contribution in [-0.4, -0.2) is 36.8 Å². The van der Waals surface area contributed by atoms with Gasteiger partial charge in [0.1, 0.15) is 18.5 Å². The summed E-state index contributed by atoms with van der Waals surface area (Å²) in [6, 6.07) is 9.33. The molecule has 5 heteroatoms. The van der Waals surface area contributed by atoms with Crippen molar-refractivity contribution in [2.45, 2.75) is 12.5 Å². The number of hydrogen-bond acceptors (Lipinski definition) is 4. The van der Waals surface area contributed by atoms with Crippen LogP contribution in [0.5, 0.6) is 5.75 Å². The maximum Gasteiger partial charge on any atom is 0.249 e. The van der Waals surface area contributed by atoms with Gasteiger partial charge in [0.2, 0.25) is 5.91 Å². The molecule has 1 amide bonds. The molecule has 17 heavy (non-hydrogen) atoms. The average molecular weight is 238 g/mol. The van der Waals surface area contributed by atoms with Gasteiger partial charge in [0.15, 0.2) is 0 Å². The third-order valence-corrected chi connectivity index (χ3v) is 2.16. The third kappa shape index (κ3) is 5.33. The molecule has 1 aromatic rings. The fourth-order valence-electron chi connectivity index (χ4n) is 1.27. The smallest absolute Gasteiger partial charge is 0.249 e. The molecule has 0 aliphatic heterocycles. The van der Waals surface area contributed by atoms with Crippen LogP contribution in [0.3, 0.4) is 0 Å². The summed E-state index contributed by atoms with van der Waals surface area (Å²) in [6.07, 6.45) is -0.762. The zero-order valence-corrected chi connectivity index (χ0v) is 9.63. The largest absolute Gasteiger partial charge is 0.492 e. The Labute approximate surface area is 101 Å². The van der Waals surface area contributed by atoms with Gasteiger partial charge >= 0.3 is 0 Å². The van der Waals surface area contributed by atoms with Crippen LogP contribution in [0.1, 0.15) is 6.42 Å². The molecule has 0 radical (unpaired) electrons. The third-order valence-electron chi connectivity index (χ3n) is 2.16. The highest BCUT2D eigenvalue weighted by Gasteiger charge is 2.12. The first-order chi connectivity index (χ1) is 8.24. The highest BCUT2D eigenvalue weighted by Crippen LogP contribution is 2.07. The topological polar surface area (TPSA) is 84.6 Å². The number of nitrogens with one attached hydrogen (secondary N) is 1. The summed E-state index contributed by atoms with van der Waals surface area (Å²) in [7, 11) is 0. The zero-order chi connectivity index (χ0) is 12.5. The van der Waals surface area contributed by atoms with E-state index in [9.17, 15) is 9.90 Å². The van der Waals surface area contributed by atoms with Crippen LogP contribution in [0.4, 0.5) is 0 Å². The monoisotopic (exact) mass is 238 g/mol. The molecule has 0 bridgehead atoms. The standard InChI is InChI=1S/C12H18N2O3/c13-7-6-11(15)12(16)14-8-9-17-10-4-2-1-3-5-10/h1-5,11,15H,6-9,13H2,(H,14,16). The number of amides is 1. The molecule has 94 valence electrons. The van der Waals surface area contributed by atoms with Crippen LogP contribution in [-0.2, 0) is 4.79 Å². The number of aliphatic hydroxyl groups excluding tert-OH is 1. The van der Waals surface area contributed by atoms with E-state index in [1.165, 1.54) is 0 Å². The van der Waals surface area contributed by atoms with Gasteiger partial charge in [-0.2, -0.15) is 0 Å². The SMILES string of the molecule is NCCC(O)C(=O)NCCOc1ccccc1. The van der Waals surface area contributed by atoms with E-state index in [1.807, 2.05) is 30.3 Å². The zero-order valence-electron chi connectivity index (χ0n) is 9.63. The van der Waals surface area contributed by atoms with Crippen LogP contribution in [0.15, 0.2) is 30.3 Å². The Bertz CT molecular complexity index is 330. The second-order valence-electron chi connectivity index (χ2n) is 3.55. The summed E-state index contributed by atoms with van der Waals surface area (Å²) in [4.78, 5) is 11.3. The predicted molar refractivity (Wildman–Crippen MR) is 64.6 cm³/mol. The fraction of sp³-hybridized carbons (Fsp3) is 0.417. The minimum Gasteiger partial charge on any atom is -0.492 e. The van der Waals surface area contributed by atoms with Crippen molar-refractivity contribution in [3.63, 3.8) is 0 Å². The lowest BCUT2D eigenvalue weighted by molar-refractivity contribution is -0.129. The van der Waals surface area contributed by atoms with Gasteiger partial charge in [-0.1, -0.05) is 18.2 Å². The predicted octanol–water partition coefficient (Wildman–Crippen LogP) is -0.109. The summed E-state index contributed by atoms with van der Waals surface area (Å²) >= 11 is 0. The molecule has 1 aromatic carbocycles. The van der Waals surface area contributed by atoms with E-state index in [0.717, 1.165) is 5.75 Å². The van der Waals surface area contributed by atoms with E-state index >= 15 is 0 Å². The van der Waals surface area contributed by atoms with Crippen molar-refractivity contribution in [3.05, 3.63) is 30.3 Å². The van der Waals surface area contributed by atoms with Crippen molar-refractivity contribution in [3.8, 4) is 5.75 Å². The van der Waals surface area contributed by atoms with E-state index < -0.39 is 12.0 Å². The summed E-state index contributed by atoms with van der Waals surface area (Å²) in [6.45, 7) is 1.01. The second-order valence-corrected chi connectivity index (χ2v) is 3.55. The number of hydrogen-bond donors (Lipinski definition) is 3. The lowest BCUT2D eigenvalue weighted by atomic mass is 10.2. The lowest BCUT2D eigenvalue weighted by Gasteiger charge is -2.10. The van der Waals surface area contributed by atoms with Crippen molar-refractivity contribution < 1.29 is 14.6 Å². The van der Waals surface area contributed by atoms with Gasteiger partial charge in [0.05, 0.1) is 6.54 Å². The Morgan fingerprint density at radius 3 is 2.76 bits per heavy atom. The van der Waals surface area contributed by atoms with E-state index in [1.54, 1.807) is 0 Å². The molecule has 0 aromatic heterocycles. The number of nitrogens with two attached hydrogens (primary N) is 1. The first kappa shape index (κ1) is 13.5. The van der Waals surface area contributed by atoms with Crippen LogP contribution >= 0.6 is 0 Å². The molecular formula is C12H18N2O3. The Morgan fingerprint density at radius 2 is 2.12 bits per heavy atom. The Hall–Kier alpha value is -1.59. The van der Waals surface area contributed by atoms with E-state index in [-0.39, 0.29) is 13.0 Å². The number of para-hydroxylation sites is 1. The lowest BCUT2D eigenvalue weighted by Crippen LogP contribution is -2.37. The molecule has 0 aliphatic carbocycles. The van der Waals surface area contributed by atoms with Gasteiger partial charge < -0.3 is 20.9 Å². The highest BCUT2D eigenvalue weighted by atomic mass is 16.5. The number of rotatable bonds is 7. The molecule has 1 unspecified atom stereocenters. The van der Waals surface area contributed by atoms with Crippen LogP contribution in [0, 0.1) is 0 Å². The van der Waals surface area contributed by atoms with Crippen molar-refractivity contribution in [1.29, 1.82) is 0 Å². The second kappa shape index (κ2) is 7.65. The van der Waals surface area contributed by atoms with Crippen LogP contribution in [0.2, 0.25) is 0 Å². The summed E-state index contributed by atoms with van der Waals surface area (Å²) in [5.74, 6) is 0.344. The van der Waals surface area contributed by atoms with Gasteiger partial charge in [0.25, 0.3) is 0 Å². The van der Waals surface area contributed by atoms with Crippen LogP contribution < -0.4 is 15.8 Å². The maximum atomic E-state index is 11.3. The Morgan fingerprint density at radius 1 is 1.41 bits per heavy atom. The van der Waals surface area contributed by atoms with E-state index in [0.29, 0.717) is 13.2 Å².